The van der Waals surface area contributed by atoms with Crippen LogP contribution in [0.1, 0.15) is 5.56 Å². The number of carboxylic acids is 1. The summed E-state index contributed by atoms with van der Waals surface area (Å²) in [6.45, 7) is 1.57. The molecule has 0 unspecified atom stereocenters. The fourth-order valence-electron chi connectivity index (χ4n) is 1.60. The molecular formula is C14H15ClN2O3. The predicted octanol–water partition coefficient (Wildman–Crippen LogP) is 1.61. The van der Waals surface area contributed by atoms with Gasteiger partial charge in [-0.2, -0.15) is 0 Å². The molecule has 2 N–H and O–H groups in total. The van der Waals surface area contributed by atoms with Crippen LogP contribution in [0.15, 0.2) is 18.2 Å². The third-order valence-corrected chi connectivity index (χ3v) is 2.75. The van der Waals surface area contributed by atoms with E-state index in [4.69, 9.17) is 23.1 Å². The number of hydrogen-bond acceptors (Lipinski definition) is 3. The lowest BCUT2D eigenvalue weighted by molar-refractivity contribution is -0.138. The lowest BCUT2D eigenvalue weighted by atomic mass is 10.2. The van der Waals surface area contributed by atoms with Crippen LogP contribution in [0.25, 0.3) is 0 Å². The summed E-state index contributed by atoms with van der Waals surface area (Å²) in [5.41, 5.74) is 1.46. The van der Waals surface area contributed by atoms with Crippen LogP contribution in [-0.2, 0) is 9.59 Å². The summed E-state index contributed by atoms with van der Waals surface area (Å²) in [5, 5.41) is 11.8. The fourth-order valence-corrected chi connectivity index (χ4v) is 1.88. The summed E-state index contributed by atoms with van der Waals surface area (Å²) >= 11 is 6.00. The van der Waals surface area contributed by atoms with Crippen LogP contribution >= 0.6 is 11.6 Å². The number of amides is 1. The topological polar surface area (TPSA) is 69.6 Å². The number of aryl methyl sites for hydroxylation is 1. The highest BCUT2D eigenvalue weighted by Crippen LogP contribution is 2.22. The van der Waals surface area contributed by atoms with Gasteiger partial charge in [-0.05, 0) is 24.6 Å². The minimum atomic E-state index is -1.04. The first kappa shape index (κ1) is 16.0. The number of carboxylic acid groups (broad SMARTS) is 1. The van der Waals surface area contributed by atoms with E-state index >= 15 is 0 Å². The number of halogens is 1. The number of terminal acetylenes is 1. The van der Waals surface area contributed by atoms with E-state index in [1.165, 1.54) is 4.90 Å². The second kappa shape index (κ2) is 7.53. The Balaban J connectivity index is 2.65. The maximum absolute atomic E-state index is 11.8. The number of nitrogens with one attached hydrogen (secondary N) is 1. The largest absolute Gasteiger partial charge is 0.480 e. The number of carbonyl (C=O) groups excluding carboxylic acids is 1. The zero-order chi connectivity index (χ0) is 15.1. The standard InChI is InChI=1S/C14H15ClN2O3/c1-3-6-17(9-14(19)20)8-13(18)16-12-5-4-10(2)7-11(12)15/h1,4-5,7H,6,8-9H2,2H3,(H,16,18)(H,19,20). The van der Waals surface area contributed by atoms with E-state index in [0.717, 1.165) is 5.56 Å². The smallest absolute Gasteiger partial charge is 0.317 e. The lowest BCUT2D eigenvalue weighted by Crippen LogP contribution is -2.37. The summed E-state index contributed by atoms with van der Waals surface area (Å²) in [5.74, 6) is 0.909. The van der Waals surface area contributed by atoms with Crippen LogP contribution in [0.4, 0.5) is 5.69 Å². The molecule has 0 atom stereocenters. The summed E-state index contributed by atoms with van der Waals surface area (Å²) in [6.07, 6.45) is 5.14. The molecule has 0 aliphatic rings. The zero-order valence-electron chi connectivity index (χ0n) is 11.0. The quantitative estimate of drug-likeness (QED) is 0.782. The molecule has 20 heavy (non-hydrogen) atoms. The Hall–Kier alpha value is -2.03. The van der Waals surface area contributed by atoms with Crippen LogP contribution in [0.3, 0.4) is 0 Å². The summed E-state index contributed by atoms with van der Waals surface area (Å²) < 4.78 is 0. The fraction of sp³-hybridized carbons (Fsp3) is 0.286. The van der Waals surface area contributed by atoms with Gasteiger partial charge in [0.2, 0.25) is 5.91 Å². The summed E-state index contributed by atoms with van der Waals surface area (Å²) in [4.78, 5) is 23.8. The average molecular weight is 295 g/mol. The number of rotatable bonds is 6. The van der Waals surface area contributed by atoms with Crippen LogP contribution in [0, 0.1) is 19.3 Å². The molecule has 106 valence electrons. The van der Waals surface area contributed by atoms with Crippen LogP contribution in [-0.4, -0.2) is 41.5 Å². The van der Waals surface area contributed by atoms with Crippen LogP contribution in [0.2, 0.25) is 5.02 Å². The first-order chi connectivity index (χ1) is 9.42. The molecular weight excluding hydrogens is 280 g/mol. The predicted molar refractivity (Wildman–Crippen MR) is 77.7 cm³/mol. The average Bonchev–Trinajstić information content (AvgIpc) is 2.32. The van der Waals surface area contributed by atoms with Crippen molar-refractivity contribution in [1.82, 2.24) is 4.90 Å². The normalized spacial score (nSPS) is 10.1. The number of hydrogen-bond donors (Lipinski definition) is 2. The van der Waals surface area contributed by atoms with Gasteiger partial charge >= 0.3 is 5.97 Å². The van der Waals surface area contributed by atoms with Crippen LogP contribution in [0.5, 0.6) is 0 Å². The van der Waals surface area contributed by atoms with Gasteiger partial charge in [0, 0.05) is 0 Å². The second-order valence-corrected chi connectivity index (χ2v) is 4.68. The van der Waals surface area contributed by atoms with Crippen molar-refractivity contribution in [1.29, 1.82) is 0 Å². The molecule has 5 nitrogen and oxygen atoms in total. The van der Waals surface area contributed by atoms with E-state index in [-0.39, 0.29) is 25.5 Å². The molecule has 0 saturated carbocycles. The van der Waals surface area contributed by atoms with Crippen molar-refractivity contribution in [2.75, 3.05) is 25.0 Å². The molecule has 0 bridgehead atoms. The van der Waals surface area contributed by atoms with Gasteiger partial charge in [0.1, 0.15) is 0 Å². The maximum atomic E-state index is 11.8. The van der Waals surface area contributed by atoms with Gasteiger partial charge < -0.3 is 10.4 Å². The monoisotopic (exact) mass is 294 g/mol. The molecule has 0 aliphatic carbocycles. The zero-order valence-corrected chi connectivity index (χ0v) is 11.8. The lowest BCUT2D eigenvalue weighted by Gasteiger charge is -2.17. The molecule has 0 saturated heterocycles. The molecule has 0 aliphatic heterocycles. The van der Waals surface area contributed by atoms with E-state index in [1.54, 1.807) is 12.1 Å². The number of nitrogens with zero attached hydrogens (tertiary/aromatic N) is 1. The van der Waals surface area contributed by atoms with Gasteiger partial charge in [0.15, 0.2) is 0 Å². The maximum Gasteiger partial charge on any atom is 0.317 e. The van der Waals surface area contributed by atoms with Gasteiger partial charge in [-0.1, -0.05) is 23.6 Å². The number of aliphatic carboxylic acids is 1. The third kappa shape index (κ3) is 5.31. The van der Waals surface area contributed by atoms with Gasteiger partial charge in [-0.15, -0.1) is 6.42 Å². The molecule has 0 heterocycles. The summed E-state index contributed by atoms with van der Waals surface area (Å²) in [6, 6.07) is 5.24. The summed E-state index contributed by atoms with van der Waals surface area (Å²) in [7, 11) is 0. The van der Waals surface area contributed by atoms with Crippen molar-refractivity contribution in [3.8, 4) is 12.3 Å². The highest BCUT2D eigenvalue weighted by Gasteiger charge is 2.14. The van der Waals surface area contributed by atoms with E-state index < -0.39 is 5.97 Å². The second-order valence-electron chi connectivity index (χ2n) is 4.27. The van der Waals surface area contributed by atoms with Crippen molar-refractivity contribution in [3.63, 3.8) is 0 Å². The molecule has 1 amide bonds. The minimum Gasteiger partial charge on any atom is -0.480 e. The molecule has 1 rings (SSSR count). The molecule has 6 heteroatoms. The van der Waals surface area contributed by atoms with Gasteiger partial charge in [0.25, 0.3) is 0 Å². The molecule has 1 aromatic rings. The van der Waals surface area contributed by atoms with Gasteiger partial charge in [0.05, 0.1) is 30.3 Å². The van der Waals surface area contributed by atoms with Gasteiger partial charge in [-0.25, -0.2) is 0 Å². The molecule has 0 fully saturated rings. The first-order valence-electron chi connectivity index (χ1n) is 5.86. The van der Waals surface area contributed by atoms with Crippen molar-refractivity contribution >= 4 is 29.2 Å². The van der Waals surface area contributed by atoms with Gasteiger partial charge in [-0.3, -0.25) is 14.5 Å². The SMILES string of the molecule is C#CCN(CC(=O)O)CC(=O)Nc1ccc(C)cc1Cl. The van der Waals surface area contributed by atoms with E-state index in [0.29, 0.717) is 10.7 Å². The Labute approximate surface area is 122 Å². The highest BCUT2D eigenvalue weighted by molar-refractivity contribution is 6.33. The first-order valence-corrected chi connectivity index (χ1v) is 6.23. The van der Waals surface area contributed by atoms with E-state index in [9.17, 15) is 9.59 Å². The minimum absolute atomic E-state index is 0.0847. The van der Waals surface area contributed by atoms with Crippen molar-refractivity contribution < 1.29 is 14.7 Å². The Morgan fingerprint density at radius 1 is 1.45 bits per heavy atom. The molecule has 0 radical (unpaired) electrons. The van der Waals surface area contributed by atoms with E-state index in [1.807, 2.05) is 13.0 Å². The van der Waals surface area contributed by atoms with Crippen molar-refractivity contribution in [3.05, 3.63) is 28.8 Å². The van der Waals surface area contributed by atoms with Crippen LogP contribution < -0.4 is 5.32 Å². The Bertz CT molecular complexity index is 552. The molecule has 1 aromatic carbocycles. The Morgan fingerprint density at radius 2 is 2.15 bits per heavy atom. The molecule has 0 aromatic heterocycles. The third-order valence-electron chi connectivity index (χ3n) is 2.44. The Morgan fingerprint density at radius 3 is 2.70 bits per heavy atom. The number of anilines is 1. The van der Waals surface area contributed by atoms with Crippen molar-refractivity contribution in [2.24, 2.45) is 0 Å². The number of benzene rings is 1. The highest BCUT2D eigenvalue weighted by atomic mass is 35.5. The molecule has 0 spiro atoms. The number of carbonyl (C=O) groups is 2. The van der Waals surface area contributed by atoms with Crippen molar-refractivity contribution in [2.45, 2.75) is 6.92 Å². The van der Waals surface area contributed by atoms with E-state index in [2.05, 4.69) is 11.2 Å². The Kier molecular flexibility index (Phi) is 6.04.